The highest BCUT2D eigenvalue weighted by atomic mass is 35.5. The molecule has 1 aromatic rings. The topological polar surface area (TPSA) is 49.6 Å². The summed E-state index contributed by atoms with van der Waals surface area (Å²) in [6, 6.07) is 3.14. The molecular weight excluding hydrogens is 261 g/mol. The fraction of sp³-hybridized carbons (Fsp3) is 0.364. The zero-order valence-corrected chi connectivity index (χ0v) is 11.5. The fourth-order valence-electron chi connectivity index (χ4n) is 1.41. The van der Waals surface area contributed by atoms with E-state index in [1.54, 1.807) is 24.1 Å². The van der Waals surface area contributed by atoms with Crippen molar-refractivity contribution < 1.29 is 4.79 Å². The molecule has 1 aromatic carbocycles. The van der Waals surface area contributed by atoms with Gasteiger partial charge in [-0.25, -0.2) is 0 Å². The van der Waals surface area contributed by atoms with E-state index >= 15 is 0 Å². The molecule has 17 heavy (non-hydrogen) atoms. The zero-order chi connectivity index (χ0) is 13.2. The Bertz CT molecular complexity index is 412. The van der Waals surface area contributed by atoms with Crippen LogP contribution >= 0.6 is 23.2 Å². The first-order valence-electron chi connectivity index (χ1n) is 4.98. The lowest BCUT2D eigenvalue weighted by atomic mass is 10.2. The van der Waals surface area contributed by atoms with Gasteiger partial charge in [0.2, 0.25) is 5.91 Å². The summed E-state index contributed by atoms with van der Waals surface area (Å²) in [6.45, 7) is 0.285. The number of nitrogen functional groups attached to an aromatic ring is 1. The molecule has 0 saturated heterocycles. The zero-order valence-electron chi connectivity index (χ0n) is 10.00. The van der Waals surface area contributed by atoms with E-state index in [9.17, 15) is 4.79 Å². The smallest absolute Gasteiger partial charge is 0.240 e. The lowest BCUT2D eigenvalue weighted by molar-refractivity contribution is -0.118. The standard InChI is InChI=1S/C11H15Cl2N3O/c1-15(2)6-10(17)16(3)11-8(12)4-7(14)5-9(11)13/h4-5H,6,14H2,1-3H3. The first-order chi connectivity index (χ1) is 7.82. The summed E-state index contributed by atoms with van der Waals surface area (Å²) in [5.74, 6) is -0.0939. The molecule has 6 heteroatoms. The molecule has 0 heterocycles. The van der Waals surface area contributed by atoms with Crippen LogP contribution in [0.3, 0.4) is 0 Å². The maximum absolute atomic E-state index is 11.9. The number of nitrogens with zero attached hydrogens (tertiary/aromatic N) is 2. The maximum Gasteiger partial charge on any atom is 0.240 e. The first kappa shape index (κ1) is 14.1. The Morgan fingerprint density at radius 1 is 1.24 bits per heavy atom. The number of carbonyl (C=O) groups is 1. The van der Waals surface area contributed by atoms with Gasteiger partial charge in [0.25, 0.3) is 0 Å². The Morgan fingerprint density at radius 3 is 2.12 bits per heavy atom. The third-order valence-electron chi connectivity index (χ3n) is 2.20. The quantitative estimate of drug-likeness (QED) is 0.860. The molecule has 0 bridgehead atoms. The van der Waals surface area contributed by atoms with E-state index in [2.05, 4.69) is 0 Å². The van der Waals surface area contributed by atoms with Gasteiger partial charge in [0.05, 0.1) is 22.3 Å². The van der Waals surface area contributed by atoms with E-state index in [0.29, 0.717) is 21.4 Å². The second-order valence-corrected chi connectivity index (χ2v) is 4.84. The van der Waals surface area contributed by atoms with E-state index in [1.165, 1.54) is 4.90 Å². The van der Waals surface area contributed by atoms with E-state index in [-0.39, 0.29) is 12.5 Å². The highest BCUT2D eigenvalue weighted by molar-refractivity contribution is 6.40. The summed E-state index contributed by atoms with van der Waals surface area (Å²) < 4.78 is 0. The van der Waals surface area contributed by atoms with Gasteiger partial charge in [-0.1, -0.05) is 23.2 Å². The number of hydrogen-bond acceptors (Lipinski definition) is 3. The molecule has 2 N–H and O–H groups in total. The van der Waals surface area contributed by atoms with Gasteiger partial charge in [0.15, 0.2) is 0 Å². The fourth-order valence-corrected chi connectivity index (χ4v) is 2.16. The lowest BCUT2D eigenvalue weighted by Gasteiger charge is -2.22. The van der Waals surface area contributed by atoms with Crippen LogP contribution in [0.5, 0.6) is 0 Å². The van der Waals surface area contributed by atoms with E-state index in [1.807, 2.05) is 14.1 Å². The number of nitrogens with two attached hydrogens (primary N) is 1. The predicted molar refractivity (Wildman–Crippen MR) is 72.8 cm³/mol. The van der Waals surface area contributed by atoms with Gasteiger partial charge in [-0.15, -0.1) is 0 Å². The maximum atomic E-state index is 11.9. The average Bonchev–Trinajstić information content (AvgIpc) is 2.14. The molecule has 0 saturated carbocycles. The summed E-state index contributed by atoms with van der Waals surface area (Å²) in [5, 5.41) is 0.731. The number of anilines is 2. The molecule has 0 fully saturated rings. The lowest BCUT2D eigenvalue weighted by Crippen LogP contribution is -2.35. The molecule has 0 radical (unpaired) electrons. The molecule has 0 aromatic heterocycles. The van der Waals surface area contributed by atoms with Gasteiger partial charge in [-0.05, 0) is 26.2 Å². The molecule has 0 aliphatic heterocycles. The van der Waals surface area contributed by atoms with Crippen LogP contribution in [0.25, 0.3) is 0 Å². The van der Waals surface area contributed by atoms with Gasteiger partial charge >= 0.3 is 0 Å². The molecule has 0 spiro atoms. The highest BCUT2D eigenvalue weighted by Crippen LogP contribution is 2.35. The second-order valence-electron chi connectivity index (χ2n) is 4.02. The van der Waals surface area contributed by atoms with Crippen molar-refractivity contribution in [2.45, 2.75) is 0 Å². The van der Waals surface area contributed by atoms with Crippen LogP contribution in [0.4, 0.5) is 11.4 Å². The summed E-state index contributed by atoms with van der Waals surface area (Å²) in [4.78, 5) is 15.1. The van der Waals surface area contributed by atoms with Crippen molar-refractivity contribution in [3.8, 4) is 0 Å². The Morgan fingerprint density at radius 2 is 1.71 bits per heavy atom. The van der Waals surface area contributed by atoms with Crippen LogP contribution in [0.1, 0.15) is 0 Å². The third-order valence-corrected chi connectivity index (χ3v) is 2.78. The number of hydrogen-bond donors (Lipinski definition) is 1. The Labute approximate surface area is 111 Å². The highest BCUT2D eigenvalue weighted by Gasteiger charge is 2.18. The molecule has 0 atom stereocenters. The van der Waals surface area contributed by atoms with Crippen molar-refractivity contribution in [1.82, 2.24) is 4.90 Å². The van der Waals surface area contributed by atoms with Gasteiger partial charge in [0.1, 0.15) is 0 Å². The normalized spacial score (nSPS) is 10.7. The number of carbonyl (C=O) groups excluding carboxylic acids is 1. The van der Waals surface area contributed by atoms with Crippen molar-refractivity contribution in [2.24, 2.45) is 0 Å². The molecule has 1 amide bonds. The van der Waals surface area contributed by atoms with Gasteiger partial charge in [0, 0.05) is 12.7 Å². The van der Waals surface area contributed by atoms with Crippen LogP contribution in [-0.4, -0.2) is 38.5 Å². The van der Waals surface area contributed by atoms with Crippen molar-refractivity contribution in [3.05, 3.63) is 22.2 Å². The van der Waals surface area contributed by atoms with Crippen molar-refractivity contribution in [2.75, 3.05) is 38.3 Å². The molecule has 0 aliphatic rings. The largest absolute Gasteiger partial charge is 0.399 e. The van der Waals surface area contributed by atoms with Crippen molar-refractivity contribution in [1.29, 1.82) is 0 Å². The minimum atomic E-state index is -0.0939. The minimum Gasteiger partial charge on any atom is -0.399 e. The summed E-state index contributed by atoms with van der Waals surface area (Å²) >= 11 is 12.1. The van der Waals surface area contributed by atoms with Crippen LogP contribution in [0.15, 0.2) is 12.1 Å². The van der Waals surface area contributed by atoms with Gasteiger partial charge in [-0.3, -0.25) is 4.79 Å². The van der Waals surface area contributed by atoms with Crippen molar-refractivity contribution >= 4 is 40.5 Å². The second kappa shape index (κ2) is 5.58. The van der Waals surface area contributed by atoms with Gasteiger partial charge < -0.3 is 15.5 Å². The predicted octanol–water partition coefficient (Wildman–Crippen LogP) is 2.10. The third kappa shape index (κ3) is 3.49. The summed E-state index contributed by atoms with van der Waals surface area (Å²) in [7, 11) is 5.27. The monoisotopic (exact) mass is 275 g/mol. The Balaban J connectivity index is 3.04. The number of halogens is 2. The average molecular weight is 276 g/mol. The molecule has 0 unspecified atom stereocenters. The van der Waals surface area contributed by atoms with Crippen LogP contribution < -0.4 is 10.6 Å². The van der Waals surface area contributed by atoms with Crippen molar-refractivity contribution in [3.63, 3.8) is 0 Å². The number of likely N-dealkylation sites (N-methyl/N-ethyl adjacent to an activating group) is 2. The van der Waals surface area contributed by atoms with Crippen LogP contribution in [0.2, 0.25) is 10.0 Å². The number of rotatable bonds is 3. The number of benzene rings is 1. The minimum absolute atomic E-state index is 0.0939. The molecule has 1 rings (SSSR count). The van der Waals surface area contributed by atoms with Crippen LogP contribution in [-0.2, 0) is 4.79 Å². The molecule has 0 aliphatic carbocycles. The number of amides is 1. The Kier molecular flexibility index (Phi) is 4.62. The SMILES string of the molecule is CN(C)CC(=O)N(C)c1c(Cl)cc(N)cc1Cl. The van der Waals surface area contributed by atoms with E-state index < -0.39 is 0 Å². The first-order valence-corrected chi connectivity index (χ1v) is 5.74. The van der Waals surface area contributed by atoms with E-state index in [0.717, 1.165) is 0 Å². The van der Waals surface area contributed by atoms with Gasteiger partial charge in [-0.2, -0.15) is 0 Å². The molecule has 94 valence electrons. The van der Waals surface area contributed by atoms with Crippen LogP contribution in [0, 0.1) is 0 Å². The van der Waals surface area contributed by atoms with E-state index in [4.69, 9.17) is 28.9 Å². The molecule has 4 nitrogen and oxygen atoms in total. The summed E-state index contributed by atoms with van der Waals surface area (Å²) in [5.41, 5.74) is 6.56. The summed E-state index contributed by atoms with van der Waals surface area (Å²) in [6.07, 6.45) is 0. The molecular formula is C11H15Cl2N3O. The Hall–Kier alpha value is -0.970.